The Hall–Kier alpha value is -1.03. The lowest BCUT2D eigenvalue weighted by Gasteiger charge is -2.01. The van der Waals surface area contributed by atoms with Crippen molar-refractivity contribution in [1.82, 2.24) is 4.98 Å². The van der Waals surface area contributed by atoms with Crippen molar-refractivity contribution in [2.45, 2.75) is 31.2 Å². The normalized spacial score (nSPS) is 10.2. The number of aromatic nitrogens is 1. The SMILES string of the molecule is CCCCCSc1cc(C(=O)O)ccn1. The second-order valence-corrected chi connectivity index (χ2v) is 4.36. The van der Waals surface area contributed by atoms with E-state index in [1.54, 1.807) is 24.0 Å². The summed E-state index contributed by atoms with van der Waals surface area (Å²) in [5.74, 6) is 0.108. The van der Waals surface area contributed by atoms with Gasteiger partial charge in [-0.1, -0.05) is 19.8 Å². The van der Waals surface area contributed by atoms with E-state index in [2.05, 4.69) is 11.9 Å². The number of aromatic carboxylic acids is 1. The van der Waals surface area contributed by atoms with Gasteiger partial charge in [-0.3, -0.25) is 0 Å². The third-order valence-electron chi connectivity index (χ3n) is 1.98. The smallest absolute Gasteiger partial charge is 0.335 e. The van der Waals surface area contributed by atoms with Gasteiger partial charge in [0.25, 0.3) is 0 Å². The van der Waals surface area contributed by atoms with Crippen LogP contribution in [0.4, 0.5) is 0 Å². The predicted octanol–water partition coefficient (Wildman–Crippen LogP) is 3.06. The molecule has 0 unspecified atom stereocenters. The molecular weight excluding hydrogens is 210 g/mol. The Bertz CT molecular complexity index is 328. The summed E-state index contributed by atoms with van der Waals surface area (Å²) in [6, 6.07) is 3.14. The molecule has 0 fully saturated rings. The zero-order valence-corrected chi connectivity index (χ0v) is 9.59. The second kappa shape index (κ2) is 6.45. The van der Waals surface area contributed by atoms with Crippen molar-refractivity contribution < 1.29 is 9.90 Å². The average Bonchev–Trinajstić information content (AvgIpc) is 2.25. The standard InChI is InChI=1S/C11H15NO2S/c1-2-3-4-7-15-10-8-9(11(13)14)5-6-12-10/h5-6,8H,2-4,7H2,1H3,(H,13,14). The maximum atomic E-state index is 10.7. The van der Waals surface area contributed by atoms with E-state index in [1.165, 1.54) is 18.9 Å². The van der Waals surface area contributed by atoms with Gasteiger partial charge < -0.3 is 5.11 Å². The van der Waals surface area contributed by atoms with E-state index >= 15 is 0 Å². The zero-order valence-electron chi connectivity index (χ0n) is 8.77. The van der Waals surface area contributed by atoms with E-state index in [4.69, 9.17) is 5.11 Å². The fraction of sp³-hybridized carbons (Fsp3) is 0.455. The van der Waals surface area contributed by atoms with Gasteiger partial charge in [0.2, 0.25) is 0 Å². The summed E-state index contributed by atoms with van der Waals surface area (Å²) >= 11 is 1.62. The monoisotopic (exact) mass is 225 g/mol. The van der Waals surface area contributed by atoms with Crippen LogP contribution < -0.4 is 0 Å². The van der Waals surface area contributed by atoms with Gasteiger partial charge >= 0.3 is 5.97 Å². The summed E-state index contributed by atoms with van der Waals surface area (Å²) < 4.78 is 0. The van der Waals surface area contributed by atoms with Crippen LogP contribution in [0, 0.1) is 0 Å². The zero-order chi connectivity index (χ0) is 11.1. The first-order valence-electron chi connectivity index (χ1n) is 5.06. The number of hydrogen-bond acceptors (Lipinski definition) is 3. The van der Waals surface area contributed by atoms with Crippen LogP contribution >= 0.6 is 11.8 Å². The van der Waals surface area contributed by atoms with Gasteiger partial charge in [-0.05, 0) is 24.3 Å². The summed E-state index contributed by atoms with van der Waals surface area (Å²) in [5, 5.41) is 9.58. The highest BCUT2D eigenvalue weighted by Gasteiger charge is 2.03. The molecule has 0 radical (unpaired) electrons. The van der Waals surface area contributed by atoms with E-state index in [0.29, 0.717) is 5.56 Å². The van der Waals surface area contributed by atoms with E-state index < -0.39 is 5.97 Å². The highest BCUT2D eigenvalue weighted by atomic mass is 32.2. The average molecular weight is 225 g/mol. The molecule has 0 aromatic carbocycles. The molecule has 82 valence electrons. The Morgan fingerprint density at radius 1 is 1.53 bits per heavy atom. The summed E-state index contributed by atoms with van der Waals surface area (Å²) in [6.45, 7) is 2.16. The number of pyridine rings is 1. The Labute approximate surface area is 93.9 Å². The topological polar surface area (TPSA) is 50.2 Å². The Balaban J connectivity index is 2.47. The van der Waals surface area contributed by atoms with Gasteiger partial charge in [0.1, 0.15) is 0 Å². The first kappa shape index (κ1) is 12.0. The molecule has 0 bridgehead atoms. The number of thioether (sulfide) groups is 1. The van der Waals surface area contributed by atoms with E-state index in [0.717, 1.165) is 17.2 Å². The number of carboxylic acid groups (broad SMARTS) is 1. The highest BCUT2D eigenvalue weighted by molar-refractivity contribution is 7.99. The lowest BCUT2D eigenvalue weighted by atomic mass is 10.3. The Kier molecular flexibility index (Phi) is 5.18. The van der Waals surface area contributed by atoms with Crippen LogP contribution in [0.2, 0.25) is 0 Å². The number of unbranched alkanes of at least 4 members (excludes halogenated alkanes) is 2. The number of nitrogens with zero attached hydrogens (tertiary/aromatic N) is 1. The fourth-order valence-corrected chi connectivity index (χ4v) is 2.05. The van der Waals surface area contributed by atoms with Crippen molar-refractivity contribution in [3.8, 4) is 0 Å². The molecule has 3 nitrogen and oxygen atoms in total. The summed E-state index contributed by atoms with van der Waals surface area (Å²) in [6.07, 6.45) is 5.11. The lowest BCUT2D eigenvalue weighted by Crippen LogP contribution is -1.96. The minimum Gasteiger partial charge on any atom is -0.478 e. The van der Waals surface area contributed by atoms with Gasteiger partial charge in [0, 0.05) is 6.20 Å². The molecule has 1 heterocycles. The molecule has 1 aromatic heterocycles. The molecule has 1 N–H and O–H groups in total. The first-order chi connectivity index (χ1) is 7.24. The van der Waals surface area contributed by atoms with Crippen molar-refractivity contribution in [2.24, 2.45) is 0 Å². The van der Waals surface area contributed by atoms with Crippen molar-refractivity contribution in [3.63, 3.8) is 0 Å². The molecule has 1 rings (SSSR count). The van der Waals surface area contributed by atoms with Crippen molar-refractivity contribution in [2.75, 3.05) is 5.75 Å². The molecule has 0 spiro atoms. The summed E-state index contributed by atoms with van der Waals surface area (Å²) in [7, 11) is 0. The molecule has 0 amide bonds. The predicted molar refractivity (Wildman–Crippen MR) is 61.4 cm³/mol. The number of hydrogen-bond donors (Lipinski definition) is 1. The lowest BCUT2D eigenvalue weighted by molar-refractivity contribution is 0.0696. The maximum Gasteiger partial charge on any atom is 0.335 e. The number of carboxylic acids is 1. The number of carbonyl (C=O) groups is 1. The highest BCUT2D eigenvalue weighted by Crippen LogP contribution is 2.18. The van der Waals surface area contributed by atoms with Crippen LogP contribution in [-0.4, -0.2) is 21.8 Å². The Morgan fingerprint density at radius 3 is 3.00 bits per heavy atom. The van der Waals surface area contributed by atoms with Gasteiger partial charge in [-0.2, -0.15) is 0 Å². The van der Waals surface area contributed by atoms with Crippen LogP contribution in [-0.2, 0) is 0 Å². The van der Waals surface area contributed by atoms with Gasteiger partial charge in [-0.15, -0.1) is 11.8 Å². The van der Waals surface area contributed by atoms with Crippen molar-refractivity contribution in [3.05, 3.63) is 23.9 Å². The summed E-state index contributed by atoms with van der Waals surface area (Å²) in [5.41, 5.74) is 0.308. The van der Waals surface area contributed by atoms with Crippen molar-refractivity contribution in [1.29, 1.82) is 0 Å². The number of rotatable bonds is 6. The van der Waals surface area contributed by atoms with E-state index in [9.17, 15) is 4.79 Å². The third kappa shape index (κ3) is 4.34. The van der Waals surface area contributed by atoms with Crippen LogP contribution in [0.15, 0.2) is 23.4 Å². The first-order valence-corrected chi connectivity index (χ1v) is 6.04. The molecular formula is C11H15NO2S. The van der Waals surface area contributed by atoms with Gasteiger partial charge in [-0.25, -0.2) is 9.78 Å². The molecule has 0 saturated heterocycles. The molecule has 0 atom stereocenters. The van der Waals surface area contributed by atoms with Crippen LogP contribution in [0.3, 0.4) is 0 Å². The molecule has 4 heteroatoms. The molecule has 15 heavy (non-hydrogen) atoms. The molecule has 0 aliphatic rings. The third-order valence-corrected chi connectivity index (χ3v) is 2.99. The maximum absolute atomic E-state index is 10.7. The van der Waals surface area contributed by atoms with Crippen LogP contribution in [0.1, 0.15) is 36.5 Å². The molecule has 0 saturated carbocycles. The van der Waals surface area contributed by atoms with Gasteiger partial charge in [0.15, 0.2) is 0 Å². The quantitative estimate of drug-likeness (QED) is 0.597. The van der Waals surface area contributed by atoms with Crippen molar-refractivity contribution >= 4 is 17.7 Å². The Morgan fingerprint density at radius 2 is 2.33 bits per heavy atom. The minimum absolute atomic E-state index is 0.308. The van der Waals surface area contributed by atoms with Crippen LogP contribution in [0.25, 0.3) is 0 Å². The molecule has 0 aliphatic heterocycles. The van der Waals surface area contributed by atoms with Gasteiger partial charge in [0.05, 0.1) is 10.6 Å². The largest absolute Gasteiger partial charge is 0.478 e. The second-order valence-electron chi connectivity index (χ2n) is 3.24. The van der Waals surface area contributed by atoms with E-state index in [1.807, 2.05) is 0 Å². The molecule has 1 aromatic rings. The summed E-state index contributed by atoms with van der Waals surface area (Å²) in [4.78, 5) is 14.8. The molecule has 0 aliphatic carbocycles. The fourth-order valence-electron chi connectivity index (χ4n) is 1.15. The minimum atomic E-state index is -0.896. The van der Waals surface area contributed by atoms with E-state index in [-0.39, 0.29) is 0 Å². The van der Waals surface area contributed by atoms with Crippen LogP contribution in [0.5, 0.6) is 0 Å².